The van der Waals surface area contributed by atoms with E-state index in [9.17, 15) is 4.79 Å². The first kappa shape index (κ1) is 14.3. The average Bonchev–Trinajstić information content (AvgIpc) is 2.41. The van der Waals surface area contributed by atoms with Gasteiger partial charge in [-0.3, -0.25) is 0 Å². The van der Waals surface area contributed by atoms with Crippen molar-refractivity contribution in [3.8, 4) is 0 Å². The minimum atomic E-state index is -0.201. The standard InChI is InChI=1S/C13H20BrNO2/c1-5-17-13(16)11-7-6-10(4)12(14)15(8-11)9(2)3/h8-9H,5-7H2,1-4H3. The van der Waals surface area contributed by atoms with E-state index >= 15 is 0 Å². The van der Waals surface area contributed by atoms with Gasteiger partial charge in [-0.15, -0.1) is 0 Å². The number of nitrogens with zero attached hydrogens (tertiary/aromatic N) is 1. The maximum absolute atomic E-state index is 11.8. The summed E-state index contributed by atoms with van der Waals surface area (Å²) in [5.74, 6) is -0.201. The highest BCUT2D eigenvalue weighted by molar-refractivity contribution is 9.11. The fourth-order valence-electron chi connectivity index (χ4n) is 1.69. The molecule has 0 saturated carbocycles. The molecule has 0 atom stereocenters. The zero-order valence-electron chi connectivity index (χ0n) is 10.9. The first-order chi connectivity index (χ1) is 7.97. The van der Waals surface area contributed by atoms with Gasteiger partial charge < -0.3 is 9.64 Å². The quantitative estimate of drug-likeness (QED) is 0.589. The zero-order valence-corrected chi connectivity index (χ0v) is 12.5. The van der Waals surface area contributed by atoms with Crippen LogP contribution in [0.4, 0.5) is 0 Å². The van der Waals surface area contributed by atoms with Crippen molar-refractivity contribution in [1.82, 2.24) is 4.90 Å². The minimum absolute atomic E-state index is 0.201. The smallest absolute Gasteiger partial charge is 0.335 e. The molecule has 96 valence electrons. The Hall–Kier alpha value is -0.770. The molecule has 0 unspecified atom stereocenters. The van der Waals surface area contributed by atoms with Gasteiger partial charge >= 0.3 is 5.97 Å². The van der Waals surface area contributed by atoms with E-state index in [-0.39, 0.29) is 5.97 Å². The Kier molecular flexibility index (Phi) is 5.25. The minimum Gasteiger partial charge on any atom is -0.463 e. The molecule has 0 spiro atoms. The number of esters is 1. The molecule has 3 nitrogen and oxygen atoms in total. The maximum atomic E-state index is 11.8. The highest BCUT2D eigenvalue weighted by atomic mass is 79.9. The summed E-state index contributed by atoms with van der Waals surface area (Å²) in [5, 5.41) is 0. The molecule has 0 aromatic heterocycles. The molecule has 0 N–H and O–H groups in total. The van der Waals surface area contributed by atoms with Crippen LogP contribution < -0.4 is 0 Å². The van der Waals surface area contributed by atoms with Crippen molar-refractivity contribution in [3.05, 3.63) is 22.0 Å². The predicted octanol–water partition coefficient (Wildman–Crippen LogP) is 3.56. The Balaban J connectivity index is 2.98. The van der Waals surface area contributed by atoms with Crippen molar-refractivity contribution in [2.45, 2.75) is 46.6 Å². The van der Waals surface area contributed by atoms with Crippen LogP contribution in [0.1, 0.15) is 40.5 Å². The lowest BCUT2D eigenvalue weighted by atomic mass is 10.1. The van der Waals surface area contributed by atoms with Crippen LogP contribution in [0, 0.1) is 0 Å². The normalized spacial score (nSPS) is 17.1. The van der Waals surface area contributed by atoms with Crippen LogP contribution in [0.2, 0.25) is 0 Å². The van der Waals surface area contributed by atoms with E-state index < -0.39 is 0 Å². The summed E-state index contributed by atoms with van der Waals surface area (Å²) in [6, 6.07) is 0.307. The second-order valence-corrected chi connectivity index (χ2v) is 5.20. The summed E-state index contributed by atoms with van der Waals surface area (Å²) in [6.07, 6.45) is 3.53. The van der Waals surface area contributed by atoms with Gasteiger partial charge in [-0.2, -0.15) is 0 Å². The van der Waals surface area contributed by atoms with E-state index in [0.717, 1.165) is 23.0 Å². The number of allylic oxidation sites excluding steroid dienone is 1. The van der Waals surface area contributed by atoms with Gasteiger partial charge in [0.2, 0.25) is 0 Å². The van der Waals surface area contributed by atoms with Crippen molar-refractivity contribution < 1.29 is 9.53 Å². The van der Waals surface area contributed by atoms with E-state index in [1.54, 1.807) is 0 Å². The van der Waals surface area contributed by atoms with Crippen LogP contribution in [-0.4, -0.2) is 23.5 Å². The molecule has 0 aromatic carbocycles. The van der Waals surface area contributed by atoms with Gasteiger partial charge in [0.1, 0.15) is 0 Å². The van der Waals surface area contributed by atoms with E-state index in [0.29, 0.717) is 12.6 Å². The molecule has 0 fully saturated rings. The highest BCUT2D eigenvalue weighted by Gasteiger charge is 2.20. The fraction of sp³-hybridized carbons (Fsp3) is 0.615. The van der Waals surface area contributed by atoms with Crippen LogP contribution in [0.5, 0.6) is 0 Å². The molecule has 0 aromatic rings. The van der Waals surface area contributed by atoms with Gasteiger partial charge in [0.25, 0.3) is 0 Å². The lowest BCUT2D eigenvalue weighted by Crippen LogP contribution is -2.23. The van der Waals surface area contributed by atoms with E-state index in [2.05, 4.69) is 41.6 Å². The van der Waals surface area contributed by atoms with Crippen molar-refractivity contribution in [3.63, 3.8) is 0 Å². The zero-order chi connectivity index (χ0) is 13.0. The number of rotatable bonds is 3. The summed E-state index contributed by atoms with van der Waals surface area (Å²) < 4.78 is 6.13. The van der Waals surface area contributed by atoms with Gasteiger partial charge in [-0.25, -0.2) is 4.79 Å². The lowest BCUT2D eigenvalue weighted by molar-refractivity contribution is -0.138. The van der Waals surface area contributed by atoms with Crippen LogP contribution in [0.25, 0.3) is 0 Å². The van der Waals surface area contributed by atoms with E-state index in [1.807, 2.05) is 13.1 Å². The van der Waals surface area contributed by atoms with Crippen molar-refractivity contribution >= 4 is 21.9 Å². The summed E-state index contributed by atoms with van der Waals surface area (Å²) >= 11 is 3.60. The van der Waals surface area contributed by atoms with Crippen molar-refractivity contribution in [2.24, 2.45) is 0 Å². The third kappa shape index (κ3) is 3.60. The fourth-order valence-corrected chi connectivity index (χ4v) is 2.40. The number of carbonyl (C=O) groups excluding carboxylic acids is 1. The molecule has 4 heteroatoms. The molecule has 0 radical (unpaired) electrons. The van der Waals surface area contributed by atoms with Gasteiger partial charge in [0.15, 0.2) is 0 Å². The Bertz CT molecular complexity index is 358. The molecule has 17 heavy (non-hydrogen) atoms. The Labute approximate surface area is 112 Å². The SMILES string of the molecule is CCOC(=O)C1=CN(C(C)C)C(Br)=C(C)CC1. The van der Waals surface area contributed by atoms with Crippen molar-refractivity contribution in [1.29, 1.82) is 0 Å². The second kappa shape index (κ2) is 6.24. The molecular formula is C13H20BrNO2. The molecule has 0 aliphatic carbocycles. The van der Waals surface area contributed by atoms with Crippen LogP contribution in [0.15, 0.2) is 22.0 Å². The third-order valence-corrected chi connectivity index (χ3v) is 3.82. The summed E-state index contributed by atoms with van der Waals surface area (Å²) in [5.41, 5.74) is 2.00. The predicted molar refractivity (Wildman–Crippen MR) is 72.6 cm³/mol. The maximum Gasteiger partial charge on any atom is 0.335 e. The van der Waals surface area contributed by atoms with Crippen LogP contribution >= 0.6 is 15.9 Å². The third-order valence-electron chi connectivity index (χ3n) is 2.74. The Morgan fingerprint density at radius 3 is 2.71 bits per heavy atom. The van der Waals surface area contributed by atoms with E-state index in [4.69, 9.17) is 4.74 Å². The monoisotopic (exact) mass is 301 g/mol. The largest absolute Gasteiger partial charge is 0.463 e. The van der Waals surface area contributed by atoms with Crippen LogP contribution in [-0.2, 0) is 9.53 Å². The average molecular weight is 302 g/mol. The summed E-state index contributed by atoms with van der Waals surface area (Å²) in [4.78, 5) is 13.9. The molecule has 1 aliphatic heterocycles. The molecule has 1 aliphatic rings. The van der Waals surface area contributed by atoms with Gasteiger partial charge in [-0.05, 0) is 62.0 Å². The number of ether oxygens (including phenoxy) is 1. The molecular weight excluding hydrogens is 282 g/mol. The van der Waals surface area contributed by atoms with Crippen molar-refractivity contribution in [2.75, 3.05) is 6.61 Å². The molecule has 1 heterocycles. The van der Waals surface area contributed by atoms with Gasteiger partial charge in [0, 0.05) is 12.2 Å². The molecule has 0 saturated heterocycles. The number of hydrogen-bond acceptors (Lipinski definition) is 3. The summed E-state index contributed by atoms with van der Waals surface area (Å²) in [6.45, 7) is 8.53. The first-order valence-electron chi connectivity index (χ1n) is 5.98. The molecule has 1 rings (SSSR count). The molecule has 0 amide bonds. The Morgan fingerprint density at radius 2 is 2.18 bits per heavy atom. The number of halogens is 1. The number of carbonyl (C=O) groups is 1. The van der Waals surface area contributed by atoms with Gasteiger partial charge in [-0.1, -0.05) is 0 Å². The number of hydrogen-bond donors (Lipinski definition) is 0. The highest BCUT2D eigenvalue weighted by Crippen LogP contribution is 2.29. The molecule has 0 bridgehead atoms. The summed E-state index contributed by atoms with van der Waals surface area (Å²) in [7, 11) is 0. The van der Waals surface area contributed by atoms with E-state index in [1.165, 1.54) is 5.57 Å². The lowest BCUT2D eigenvalue weighted by Gasteiger charge is -2.25. The Morgan fingerprint density at radius 1 is 1.53 bits per heavy atom. The topological polar surface area (TPSA) is 29.5 Å². The first-order valence-corrected chi connectivity index (χ1v) is 6.78. The van der Waals surface area contributed by atoms with Crippen LogP contribution in [0.3, 0.4) is 0 Å². The second-order valence-electron chi connectivity index (χ2n) is 4.45. The van der Waals surface area contributed by atoms with Gasteiger partial charge in [0.05, 0.1) is 16.8 Å².